The Hall–Kier alpha value is -1.85. The molecule has 2 aromatic rings. The molecule has 0 aliphatic carbocycles. The molecule has 0 bridgehead atoms. The maximum atomic E-state index is 5.22. The van der Waals surface area contributed by atoms with Gasteiger partial charge < -0.3 is 10.1 Å². The molecule has 15 heavy (non-hydrogen) atoms. The maximum absolute atomic E-state index is 5.22. The summed E-state index contributed by atoms with van der Waals surface area (Å²) in [6.45, 7) is 1.91. The van der Waals surface area contributed by atoms with Crippen molar-refractivity contribution in [2.24, 2.45) is 7.05 Å². The fraction of sp³-hybridized carbons (Fsp3) is 0.444. The minimum Gasteiger partial charge on any atom is -0.480 e. The number of anilines is 1. The van der Waals surface area contributed by atoms with Crippen LogP contribution in [0.25, 0.3) is 11.0 Å². The summed E-state index contributed by atoms with van der Waals surface area (Å²) in [7, 11) is 5.21. The highest BCUT2D eigenvalue weighted by Crippen LogP contribution is 2.25. The zero-order valence-electron chi connectivity index (χ0n) is 9.20. The Morgan fingerprint density at radius 1 is 1.33 bits per heavy atom. The molecule has 0 fully saturated rings. The van der Waals surface area contributed by atoms with Crippen molar-refractivity contribution < 1.29 is 4.74 Å². The maximum Gasteiger partial charge on any atom is 0.229 e. The van der Waals surface area contributed by atoms with Gasteiger partial charge in [-0.05, 0) is 6.92 Å². The molecule has 0 aliphatic rings. The van der Waals surface area contributed by atoms with E-state index in [-0.39, 0.29) is 0 Å². The fourth-order valence-electron chi connectivity index (χ4n) is 1.56. The standard InChI is InChI=1S/C9H13N5O/c1-5-6-7(14(3)13-5)11-9(10-2)12-8(6)15-4/h1-4H3,(H,10,11,12). The van der Waals surface area contributed by atoms with Gasteiger partial charge in [0.2, 0.25) is 11.8 Å². The lowest BCUT2D eigenvalue weighted by atomic mass is 10.3. The number of nitrogens with one attached hydrogen (secondary N) is 1. The van der Waals surface area contributed by atoms with Crippen molar-refractivity contribution in [1.82, 2.24) is 19.7 Å². The molecule has 1 N–H and O–H groups in total. The third kappa shape index (κ3) is 1.38. The van der Waals surface area contributed by atoms with Crippen molar-refractivity contribution in [3.63, 3.8) is 0 Å². The van der Waals surface area contributed by atoms with Gasteiger partial charge >= 0.3 is 0 Å². The van der Waals surface area contributed by atoms with E-state index in [4.69, 9.17) is 4.74 Å². The summed E-state index contributed by atoms with van der Waals surface area (Å²) < 4.78 is 6.94. The zero-order chi connectivity index (χ0) is 11.0. The molecule has 0 saturated carbocycles. The van der Waals surface area contributed by atoms with Crippen LogP contribution < -0.4 is 10.1 Å². The van der Waals surface area contributed by atoms with Crippen LogP contribution in [-0.2, 0) is 7.05 Å². The van der Waals surface area contributed by atoms with E-state index in [0.29, 0.717) is 11.8 Å². The van der Waals surface area contributed by atoms with Crippen LogP contribution in [0, 0.1) is 6.92 Å². The molecule has 2 rings (SSSR count). The van der Waals surface area contributed by atoms with Crippen molar-refractivity contribution in [2.45, 2.75) is 6.92 Å². The van der Waals surface area contributed by atoms with Gasteiger partial charge in [-0.25, -0.2) is 4.68 Å². The highest BCUT2D eigenvalue weighted by Gasteiger charge is 2.14. The van der Waals surface area contributed by atoms with Gasteiger partial charge in [0.25, 0.3) is 0 Å². The van der Waals surface area contributed by atoms with Crippen LogP contribution in [-0.4, -0.2) is 33.9 Å². The molecule has 6 heteroatoms. The number of aryl methyl sites for hydroxylation is 2. The lowest BCUT2D eigenvalue weighted by Gasteiger charge is -2.04. The minimum absolute atomic E-state index is 0.530. The number of hydrogen-bond donors (Lipinski definition) is 1. The summed E-state index contributed by atoms with van der Waals surface area (Å²) in [5, 5.41) is 8.03. The molecular formula is C9H13N5O. The highest BCUT2D eigenvalue weighted by atomic mass is 16.5. The molecule has 0 aliphatic heterocycles. The Morgan fingerprint density at radius 2 is 2.07 bits per heavy atom. The highest BCUT2D eigenvalue weighted by molar-refractivity contribution is 5.84. The summed E-state index contributed by atoms with van der Waals surface area (Å²) in [5.41, 5.74) is 1.63. The van der Waals surface area contributed by atoms with Crippen LogP contribution in [0.5, 0.6) is 5.88 Å². The summed E-state index contributed by atoms with van der Waals surface area (Å²) in [4.78, 5) is 8.54. The number of methoxy groups -OCH3 is 1. The second kappa shape index (κ2) is 3.38. The normalized spacial score (nSPS) is 10.7. The molecule has 0 amide bonds. The van der Waals surface area contributed by atoms with Gasteiger partial charge in [-0.1, -0.05) is 0 Å². The Balaban J connectivity index is 2.83. The number of aromatic nitrogens is 4. The van der Waals surface area contributed by atoms with E-state index in [1.54, 1.807) is 18.8 Å². The van der Waals surface area contributed by atoms with Gasteiger partial charge in [-0.3, -0.25) is 0 Å². The van der Waals surface area contributed by atoms with Crippen LogP contribution in [0.1, 0.15) is 5.69 Å². The molecule has 6 nitrogen and oxygen atoms in total. The first-order valence-electron chi connectivity index (χ1n) is 4.60. The molecule has 0 aromatic carbocycles. The molecule has 0 spiro atoms. The second-order valence-electron chi connectivity index (χ2n) is 3.21. The molecule has 0 atom stereocenters. The van der Waals surface area contributed by atoms with Gasteiger partial charge in [0.15, 0.2) is 5.65 Å². The van der Waals surface area contributed by atoms with Gasteiger partial charge in [0, 0.05) is 14.1 Å². The molecule has 0 saturated heterocycles. The predicted octanol–water partition coefficient (Wildman–Crippen LogP) is 0.722. The molecular weight excluding hydrogens is 194 g/mol. The zero-order valence-corrected chi connectivity index (χ0v) is 9.20. The number of rotatable bonds is 2. The summed E-state index contributed by atoms with van der Waals surface area (Å²) in [5.74, 6) is 1.08. The number of hydrogen-bond acceptors (Lipinski definition) is 5. The van der Waals surface area contributed by atoms with Crippen LogP contribution in [0.2, 0.25) is 0 Å². The first-order chi connectivity index (χ1) is 7.17. The monoisotopic (exact) mass is 207 g/mol. The third-order valence-electron chi connectivity index (χ3n) is 2.24. The minimum atomic E-state index is 0.530. The van der Waals surface area contributed by atoms with E-state index < -0.39 is 0 Å². The van der Waals surface area contributed by atoms with Gasteiger partial charge in [-0.15, -0.1) is 0 Å². The van der Waals surface area contributed by atoms with Crippen molar-refractivity contribution in [3.05, 3.63) is 5.69 Å². The molecule has 80 valence electrons. The summed E-state index contributed by atoms with van der Waals surface area (Å²) >= 11 is 0. The molecule has 0 unspecified atom stereocenters. The Kier molecular flexibility index (Phi) is 2.18. The number of nitrogens with zero attached hydrogens (tertiary/aromatic N) is 4. The van der Waals surface area contributed by atoms with E-state index >= 15 is 0 Å². The van der Waals surface area contributed by atoms with Crippen LogP contribution in [0.4, 0.5) is 5.95 Å². The van der Waals surface area contributed by atoms with E-state index in [1.165, 1.54) is 0 Å². The Labute approximate surface area is 87.3 Å². The van der Waals surface area contributed by atoms with E-state index in [1.807, 2.05) is 14.0 Å². The van der Waals surface area contributed by atoms with Crippen molar-refractivity contribution >= 4 is 17.0 Å². The van der Waals surface area contributed by atoms with Crippen LogP contribution in [0.15, 0.2) is 0 Å². The fourth-order valence-corrected chi connectivity index (χ4v) is 1.56. The predicted molar refractivity (Wildman–Crippen MR) is 57.1 cm³/mol. The first-order valence-corrected chi connectivity index (χ1v) is 4.60. The number of fused-ring (bicyclic) bond motifs is 1. The average Bonchev–Trinajstić information content (AvgIpc) is 2.53. The topological polar surface area (TPSA) is 64.9 Å². The second-order valence-corrected chi connectivity index (χ2v) is 3.21. The van der Waals surface area contributed by atoms with Gasteiger partial charge in [0.05, 0.1) is 12.8 Å². The number of ether oxygens (including phenoxy) is 1. The van der Waals surface area contributed by atoms with Crippen molar-refractivity contribution in [2.75, 3.05) is 19.5 Å². The summed E-state index contributed by atoms with van der Waals surface area (Å²) in [6, 6.07) is 0. The summed E-state index contributed by atoms with van der Waals surface area (Å²) in [6.07, 6.45) is 0. The van der Waals surface area contributed by atoms with Gasteiger partial charge in [0.1, 0.15) is 5.39 Å². The van der Waals surface area contributed by atoms with E-state index in [2.05, 4.69) is 20.4 Å². The van der Waals surface area contributed by atoms with Crippen LogP contribution in [0.3, 0.4) is 0 Å². The van der Waals surface area contributed by atoms with E-state index in [0.717, 1.165) is 16.7 Å². The Morgan fingerprint density at radius 3 is 2.67 bits per heavy atom. The van der Waals surface area contributed by atoms with Crippen LogP contribution >= 0.6 is 0 Å². The first kappa shape index (κ1) is 9.70. The largest absolute Gasteiger partial charge is 0.480 e. The SMILES string of the molecule is CNc1nc(OC)c2c(C)nn(C)c2n1. The average molecular weight is 207 g/mol. The smallest absolute Gasteiger partial charge is 0.229 e. The quantitative estimate of drug-likeness (QED) is 0.786. The lowest BCUT2D eigenvalue weighted by molar-refractivity contribution is 0.403. The Bertz CT molecular complexity index is 505. The molecule has 2 aromatic heterocycles. The van der Waals surface area contributed by atoms with Crippen molar-refractivity contribution in [1.29, 1.82) is 0 Å². The van der Waals surface area contributed by atoms with Crippen molar-refractivity contribution in [3.8, 4) is 5.88 Å². The molecule has 0 radical (unpaired) electrons. The van der Waals surface area contributed by atoms with E-state index in [9.17, 15) is 0 Å². The molecule has 2 heterocycles. The van der Waals surface area contributed by atoms with Gasteiger partial charge in [-0.2, -0.15) is 15.1 Å². The lowest BCUT2D eigenvalue weighted by Crippen LogP contribution is -2.01. The third-order valence-corrected chi connectivity index (χ3v) is 2.24.